The maximum Gasteiger partial charge on any atom is 0.405 e. The molecule has 0 aliphatic carbocycles. The Kier molecular flexibility index (Phi) is 11.1. The number of para-hydroxylation sites is 1. The van der Waals surface area contributed by atoms with E-state index in [9.17, 15) is 19.2 Å². The third-order valence-corrected chi connectivity index (χ3v) is 7.38. The van der Waals surface area contributed by atoms with E-state index in [0.717, 1.165) is 22.0 Å². The standard InChI is InChI=1S/C34H38N6O5S/c1-34(2,3)23-12-10-21(11-13-23)30(42)40-33(46)39-25-16-14-24(15-17-25)38-29(41)9-6-18-36-31(43)28(45-32(35)44)19-22-20-37-27-8-5-4-7-26(22)27/h4-5,7-8,10-17,20,28,37H,6,9,18-19H2,1-3H3,(H2,35,44)(H,36,43)(H,38,41)(H2,39,40,42,46). The van der Waals surface area contributed by atoms with Crippen molar-refractivity contribution in [2.24, 2.45) is 5.73 Å². The number of fused-ring (bicyclic) bond motifs is 1. The number of amides is 4. The molecule has 7 N–H and O–H groups in total. The van der Waals surface area contributed by atoms with Crippen LogP contribution in [-0.2, 0) is 26.2 Å². The summed E-state index contributed by atoms with van der Waals surface area (Å²) in [5.41, 5.74) is 9.73. The first-order chi connectivity index (χ1) is 21.9. The number of thiocarbonyl (C=S) groups is 1. The van der Waals surface area contributed by atoms with Gasteiger partial charge in [-0.25, -0.2) is 4.79 Å². The molecule has 46 heavy (non-hydrogen) atoms. The minimum Gasteiger partial charge on any atom is -0.436 e. The number of H-pyrrole nitrogens is 1. The summed E-state index contributed by atoms with van der Waals surface area (Å²) in [4.78, 5) is 52.4. The lowest BCUT2D eigenvalue weighted by atomic mass is 9.87. The number of carbonyl (C=O) groups is 4. The van der Waals surface area contributed by atoms with Crippen LogP contribution in [0, 0.1) is 0 Å². The van der Waals surface area contributed by atoms with E-state index in [1.165, 1.54) is 0 Å². The molecule has 1 unspecified atom stereocenters. The van der Waals surface area contributed by atoms with Crippen molar-refractivity contribution in [2.75, 3.05) is 17.2 Å². The molecule has 0 aliphatic rings. The van der Waals surface area contributed by atoms with Crippen molar-refractivity contribution in [1.29, 1.82) is 0 Å². The molecule has 0 bridgehead atoms. The van der Waals surface area contributed by atoms with Gasteiger partial charge in [0.15, 0.2) is 11.2 Å². The Morgan fingerprint density at radius 1 is 0.913 bits per heavy atom. The molecule has 12 heteroatoms. The molecule has 0 spiro atoms. The van der Waals surface area contributed by atoms with Crippen LogP contribution >= 0.6 is 12.2 Å². The number of hydrogen-bond donors (Lipinski definition) is 6. The number of ether oxygens (including phenoxy) is 1. The molecule has 1 heterocycles. The molecular weight excluding hydrogens is 604 g/mol. The number of nitrogens with two attached hydrogens (primary N) is 1. The van der Waals surface area contributed by atoms with Crippen LogP contribution in [0.2, 0.25) is 0 Å². The normalized spacial score (nSPS) is 11.7. The van der Waals surface area contributed by atoms with Crippen LogP contribution in [-0.4, -0.2) is 46.6 Å². The van der Waals surface area contributed by atoms with E-state index in [-0.39, 0.29) is 41.7 Å². The number of hydrogen-bond acceptors (Lipinski definition) is 6. The fourth-order valence-electron chi connectivity index (χ4n) is 4.72. The van der Waals surface area contributed by atoms with Crippen molar-refractivity contribution in [3.05, 3.63) is 95.7 Å². The van der Waals surface area contributed by atoms with Gasteiger partial charge in [0.2, 0.25) is 5.91 Å². The molecule has 0 saturated heterocycles. The summed E-state index contributed by atoms with van der Waals surface area (Å²) in [5, 5.41) is 12.2. The molecule has 0 aliphatic heterocycles. The van der Waals surface area contributed by atoms with Crippen LogP contribution in [0.15, 0.2) is 79.0 Å². The monoisotopic (exact) mass is 642 g/mol. The maximum atomic E-state index is 12.8. The summed E-state index contributed by atoms with van der Waals surface area (Å²) >= 11 is 5.29. The van der Waals surface area contributed by atoms with Crippen molar-refractivity contribution < 1.29 is 23.9 Å². The highest BCUT2D eigenvalue weighted by molar-refractivity contribution is 7.80. The van der Waals surface area contributed by atoms with Gasteiger partial charge in [0.05, 0.1) is 0 Å². The number of primary amides is 1. The second kappa shape index (κ2) is 15.2. The summed E-state index contributed by atoms with van der Waals surface area (Å²) in [6.07, 6.45) is 0.264. The van der Waals surface area contributed by atoms with E-state index in [1.807, 2.05) is 36.4 Å². The van der Waals surface area contributed by atoms with E-state index in [2.05, 4.69) is 47.0 Å². The Labute approximate surface area is 272 Å². The molecule has 4 rings (SSSR count). The molecule has 3 aromatic carbocycles. The lowest BCUT2D eigenvalue weighted by Gasteiger charge is -2.19. The fraction of sp³-hybridized carbons (Fsp3) is 0.265. The van der Waals surface area contributed by atoms with Crippen LogP contribution in [0.1, 0.15) is 55.1 Å². The molecule has 0 saturated carbocycles. The van der Waals surface area contributed by atoms with Gasteiger partial charge in [-0.1, -0.05) is 51.1 Å². The van der Waals surface area contributed by atoms with E-state index in [0.29, 0.717) is 23.4 Å². The number of aromatic nitrogens is 1. The molecular formula is C34H38N6O5S. The quantitative estimate of drug-likeness (QED) is 0.0974. The molecule has 1 atom stereocenters. The highest BCUT2D eigenvalue weighted by atomic mass is 32.1. The first-order valence-corrected chi connectivity index (χ1v) is 15.2. The summed E-state index contributed by atoms with van der Waals surface area (Å²) < 4.78 is 5.08. The number of carbonyl (C=O) groups excluding carboxylic acids is 4. The SMILES string of the molecule is CC(C)(C)c1ccc(C(=O)NC(=S)Nc2ccc(NC(=O)CCCNC(=O)C(Cc3c[nH]c4ccccc34)OC(N)=O)cc2)cc1. The molecule has 1 aromatic heterocycles. The zero-order chi connectivity index (χ0) is 33.3. The van der Waals surface area contributed by atoms with Crippen molar-refractivity contribution in [3.63, 3.8) is 0 Å². The van der Waals surface area contributed by atoms with Crippen LogP contribution in [0.3, 0.4) is 0 Å². The van der Waals surface area contributed by atoms with Gasteiger partial charge in [-0.2, -0.15) is 0 Å². The summed E-state index contributed by atoms with van der Waals surface area (Å²) in [5.74, 6) is -1.05. The van der Waals surface area contributed by atoms with Crippen molar-refractivity contribution >= 4 is 63.4 Å². The molecule has 4 amide bonds. The van der Waals surface area contributed by atoms with Gasteiger partial charge in [-0.3, -0.25) is 19.7 Å². The largest absolute Gasteiger partial charge is 0.436 e. The summed E-state index contributed by atoms with van der Waals surface area (Å²) in [7, 11) is 0. The van der Waals surface area contributed by atoms with E-state index >= 15 is 0 Å². The topological polar surface area (TPSA) is 167 Å². The number of nitrogens with one attached hydrogen (secondary N) is 5. The molecule has 240 valence electrons. The summed E-state index contributed by atoms with van der Waals surface area (Å²) in [6, 6.07) is 21.8. The van der Waals surface area contributed by atoms with Gasteiger partial charge < -0.3 is 31.4 Å². The lowest BCUT2D eigenvalue weighted by Crippen LogP contribution is -2.40. The van der Waals surface area contributed by atoms with Crippen LogP contribution in [0.5, 0.6) is 0 Å². The highest BCUT2D eigenvalue weighted by Gasteiger charge is 2.24. The number of rotatable bonds is 11. The van der Waals surface area contributed by atoms with Gasteiger partial charge in [0.1, 0.15) is 0 Å². The third-order valence-electron chi connectivity index (χ3n) is 7.18. The van der Waals surface area contributed by atoms with E-state index < -0.39 is 18.1 Å². The zero-order valence-electron chi connectivity index (χ0n) is 25.9. The van der Waals surface area contributed by atoms with E-state index in [4.69, 9.17) is 22.7 Å². The first kappa shape index (κ1) is 33.7. The van der Waals surface area contributed by atoms with Crippen molar-refractivity contribution in [2.45, 2.75) is 51.6 Å². The van der Waals surface area contributed by atoms with Crippen LogP contribution < -0.4 is 27.0 Å². The molecule has 0 radical (unpaired) electrons. The predicted octanol–water partition coefficient (Wildman–Crippen LogP) is 5.13. The molecule has 0 fully saturated rings. The van der Waals surface area contributed by atoms with Gasteiger partial charge in [0, 0.05) is 53.4 Å². The van der Waals surface area contributed by atoms with Crippen LogP contribution in [0.25, 0.3) is 10.9 Å². The van der Waals surface area contributed by atoms with Gasteiger partial charge >= 0.3 is 6.09 Å². The first-order valence-electron chi connectivity index (χ1n) is 14.8. The van der Waals surface area contributed by atoms with Crippen molar-refractivity contribution in [1.82, 2.24) is 15.6 Å². The Balaban J connectivity index is 1.18. The van der Waals surface area contributed by atoms with Crippen LogP contribution in [0.4, 0.5) is 16.2 Å². The van der Waals surface area contributed by atoms with Crippen molar-refractivity contribution in [3.8, 4) is 0 Å². The van der Waals surface area contributed by atoms with Gasteiger partial charge in [0.25, 0.3) is 11.8 Å². The molecule has 4 aromatic rings. The minimum absolute atomic E-state index is 0.0111. The number of aromatic amines is 1. The predicted molar refractivity (Wildman–Crippen MR) is 183 cm³/mol. The number of benzene rings is 3. The molecule has 11 nitrogen and oxygen atoms in total. The average Bonchev–Trinajstić information content (AvgIpc) is 3.42. The smallest absolute Gasteiger partial charge is 0.405 e. The average molecular weight is 643 g/mol. The Morgan fingerprint density at radius 2 is 1.57 bits per heavy atom. The Morgan fingerprint density at radius 3 is 2.22 bits per heavy atom. The number of anilines is 2. The Hall–Kier alpha value is -5.23. The minimum atomic E-state index is -1.11. The fourth-order valence-corrected chi connectivity index (χ4v) is 4.93. The second-order valence-electron chi connectivity index (χ2n) is 11.7. The summed E-state index contributed by atoms with van der Waals surface area (Å²) in [6.45, 7) is 6.52. The second-order valence-corrected chi connectivity index (χ2v) is 12.2. The highest BCUT2D eigenvalue weighted by Crippen LogP contribution is 2.22. The Bertz CT molecular complexity index is 1710. The maximum absolute atomic E-state index is 12.8. The lowest BCUT2D eigenvalue weighted by molar-refractivity contribution is -0.129. The van der Waals surface area contributed by atoms with E-state index in [1.54, 1.807) is 42.6 Å². The van der Waals surface area contributed by atoms with Gasteiger partial charge in [-0.15, -0.1) is 0 Å². The third kappa shape index (κ3) is 9.63. The van der Waals surface area contributed by atoms with Gasteiger partial charge in [-0.05, 0) is 77.6 Å². The zero-order valence-corrected chi connectivity index (χ0v) is 26.8.